The van der Waals surface area contributed by atoms with E-state index >= 15 is 0 Å². The van der Waals surface area contributed by atoms with Gasteiger partial charge in [-0.1, -0.05) is 35.9 Å². The monoisotopic (exact) mass is 535 g/mol. The summed E-state index contributed by atoms with van der Waals surface area (Å²) in [5, 5.41) is 0.958. The van der Waals surface area contributed by atoms with Crippen LogP contribution in [-0.2, 0) is 22.6 Å². The summed E-state index contributed by atoms with van der Waals surface area (Å²) in [7, 11) is -3.78. The van der Waals surface area contributed by atoms with Gasteiger partial charge in [0.15, 0.2) is 9.84 Å². The molecule has 0 saturated carbocycles. The number of nitrogens with zero attached hydrogens (tertiary/aromatic N) is 4. The van der Waals surface area contributed by atoms with Crippen LogP contribution in [0.25, 0.3) is 10.9 Å². The van der Waals surface area contributed by atoms with E-state index in [1.807, 2.05) is 0 Å². The summed E-state index contributed by atoms with van der Waals surface area (Å²) in [5.74, 6) is -2.10. The number of hydrogen-bond acceptors (Lipinski definition) is 7. The lowest BCUT2D eigenvalue weighted by Gasteiger charge is -2.25. The average Bonchev–Trinajstić information content (AvgIpc) is 2.82. The Hall–Kier alpha value is -3.77. The molecule has 4 rings (SSSR count). The second kappa shape index (κ2) is 9.36. The first-order chi connectivity index (χ1) is 16.8. The van der Waals surface area contributed by atoms with E-state index in [9.17, 15) is 26.4 Å². The van der Waals surface area contributed by atoms with Gasteiger partial charge in [0.1, 0.15) is 5.82 Å². The molecule has 0 unspecified atom stereocenters. The molecule has 8 nitrogen and oxygen atoms in total. The summed E-state index contributed by atoms with van der Waals surface area (Å²) in [6.45, 7) is -0.146. The number of aromatic nitrogens is 3. The lowest BCUT2D eigenvalue weighted by atomic mass is 10.1. The standard InChI is InChI=1S/C23H17ClF3N5O3S/c1-36(34,35)19-5-3-2-4-18(19)32(21(33)15-10-29-22(30-11-15)23(25,26)27)12-13-6-7-14-9-16(24)20(28)31-17(14)8-13/h2-11H,12H2,1H3,(H2,28,31). The first-order valence-electron chi connectivity index (χ1n) is 10.2. The smallest absolute Gasteiger partial charge is 0.382 e. The molecule has 2 heterocycles. The van der Waals surface area contributed by atoms with E-state index in [-0.39, 0.29) is 33.5 Å². The van der Waals surface area contributed by atoms with Crippen molar-refractivity contribution >= 4 is 49.8 Å². The molecular formula is C23H17ClF3N5O3S. The molecule has 0 radical (unpaired) electrons. The van der Waals surface area contributed by atoms with Crippen LogP contribution >= 0.6 is 11.6 Å². The first kappa shape index (κ1) is 25.3. The molecule has 0 aliphatic carbocycles. The maximum Gasteiger partial charge on any atom is 0.451 e. The summed E-state index contributed by atoms with van der Waals surface area (Å²) in [5.41, 5.74) is 6.59. The zero-order valence-electron chi connectivity index (χ0n) is 18.5. The van der Waals surface area contributed by atoms with Crippen molar-refractivity contribution in [3.63, 3.8) is 0 Å². The van der Waals surface area contributed by atoms with Crippen molar-refractivity contribution in [2.24, 2.45) is 0 Å². The molecule has 0 spiro atoms. The number of pyridine rings is 1. The van der Waals surface area contributed by atoms with E-state index in [4.69, 9.17) is 17.3 Å². The van der Waals surface area contributed by atoms with Crippen LogP contribution in [0.15, 0.2) is 65.8 Å². The van der Waals surface area contributed by atoms with Gasteiger partial charge in [-0.2, -0.15) is 13.2 Å². The highest BCUT2D eigenvalue weighted by molar-refractivity contribution is 7.90. The molecule has 1 amide bonds. The summed E-state index contributed by atoms with van der Waals surface area (Å²) >= 11 is 6.02. The van der Waals surface area contributed by atoms with Gasteiger partial charge in [-0.25, -0.2) is 23.4 Å². The number of nitrogen functional groups attached to an aromatic ring is 1. The van der Waals surface area contributed by atoms with E-state index < -0.39 is 27.7 Å². The van der Waals surface area contributed by atoms with Crippen molar-refractivity contribution in [2.75, 3.05) is 16.9 Å². The zero-order valence-corrected chi connectivity index (χ0v) is 20.1. The highest BCUT2D eigenvalue weighted by Crippen LogP contribution is 2.30. The Bertz CT molecular complexity index is 1580. The molecule has 2 aromatic heterocycles. The number of nitrogens with two attached hydrogens (primary N) is 1. The van der Waals surface area contributed by atoms with Gasteiger partial charge in [-0.3, -0.25) is 4.79 Å². The average molecular weight is 536 g/mol. The van der Waals surface area contributed by atoms with Crippen LogP contribution in [0.1, 0.15) is 21.7 Å². The molecule has 0 fully saturated rings. The van der Waals surface area contributed by atoms with Gasteiger partial charge in [0, 0.05) is 24.0 Å². The molecule has 13 heteroatoms. The Kier molecular flexibility index (Phi) is 6.58. The Labute approximate surface area is 208 Å². The molecule has 0 aliphatic heterocycles. The minimum Gasteiger partial charge on any atom is -0.382 e. The fourth-order valence-corrected chi connectivity index (χ4v) is 4.53. The summed E-state index contributed by atoms with van der Waals surface area (Å²) < 4.78 is 63.5. The fourth-order valence-electron chi connectivity index (χ4n) is 3.48. The minimum absolute atomic E-state index is 0.0357. The third kappa shape index (κ3) is 5.24. The van der Waals surface area contributed by atoms with Crippen LogP contribution in [-0.4, -0.2) is 35.5 Å². The Morgan fingerprint density at radius 3 is 2.39 bits per heavy atom. The van der Waals surface area contributed by atoms with Gasteiger partial charge < -0.3 is 10.6 Å². The van der Waals surface area contributed by atoms with Crippen molar-refractivity contribution in [1.82, 2.24) is 15.0 Å². The largest absolute Gasteiger partial charge is 0.451 e. The molecular weight excluding hydrogens is 519 g/mol. The number of benzene rings is 2. The molecule has 2 N–H and O–H groups in total. The predicted octanol–water partition coefficient (Wildman–Crippen LogP) is 4.53. The fraction of sp³-hybridized carbons (Fsp3) is 0.130. The maximum absolute atomic E-state index is 13.5. The number of hydrogen-bond donors (Lipinski definition) is 1. The van der Waals surface area contributed by atoms with Crippen molar-refractivity contribution in [3.05, 3.63) is 82.9 Å². The van der Waals surface area contributed by atoms with Crippen molar-refractivity contribution in [3.8, 4) is 0 Å². The van der Waals surface area contributed by atoms with Gasteiger partial charge in [-0.05, 0) is 29.8 Å². The van der Waals surface area contributed by atoms with E-state index in [0.29, 0.717) is 16.5 Å². The van der Waals surface area contributed by atoms with Crippen LogP contribution in [0.3, 0.4) is 0 Å². The van der Waals surface area contributed by atoms with E-state index in [0.717, 1.165) is 23.5 Å². The topological polar surface area (TPSA) is 119 Å². The highest BCUT2D eigenvalue weighted by Gasteiger charge is 2.35. The van der Waals surface area contributed by atoms with Crippen LogP contribution in [0.4, 0.5) is 24.7 Å². The second-order valence-corrected chi connectivity index (χ2v) is 10.2. The third-order valence-electron chi connectivity index (χ3n) is 5.16. The molecule has 0 bridgehead atoms. The number of sulfone groups is 1. The highest BCUT2D eigenvalue weighted by atomic mass is 35.5. The van der Waals surface area contributed by atoms with Crippen molar-refractivity contribution in [2.45, 2.75) is 17.6 Å². The molecule has 186 valence electrons. The number of alkyl halides is 3. The van der Waals surface area contributed by atoms with Crippen LogP contribution in [0.2, 0.25) is 5.02 Å². The second-order valence-electron chi connectivity index (χ2n) is 7.81. The number of amides is 1. The normalized spacial score (nSPS) is 12.0. The van der Waals surface area contributed by atoms with Gasteiger partial charge in [-0.15, -0.1) is 0 Å². The number of fused-ring (bicyclic) bond motifs is 1. The van der Waals surface area contributed by atoms with E-state index in [1.54, 1.807) is 24.3 Å². The molecule has 4 aromatic rings. The third-order valence-corrected chi connectivity index (χ3v) is 6.60. The zero-order chi connectivity index (χ0) is 26.3. The summed E-state index contributed by atoms with van der Waals surface area (Å²) in [4.78, 5) is 25.2. The lowest BCUT2D eigenvalue weighted by Crippen LogP contribution is -2.32. The quantitative estimate of drug-likeness (QED) is 0.399. The van der Waals surface area contributed by atoms with Gasteiger partial charge in [0.25, 0.3) is 5.91 Å². The Morgan fingerprint density at radius 2 is 1.75 bits per heavy atom. The summed E-state index contributed by atoms with van der Waals surface area (Å²) in [6.07, 6.45) is -2.30. The molecule has 36 heavy (non-hydrogen) atoms. The summed E-state index contributed by atoms with van der Waals surface area (Å²) in [6, 6.07) is 12.5. The Balaban J connectivity index is 1.81. The van der Waals surface area contributed by atoms with Crippen LogP contribution in [0, 0.1) is 0 Å². The number of carbonyl (C=O) groups is 1. The van der Waals surface area contributed by atoms with Crippen molar-refractivity contribution < 1.29 is 26.4 Å². The lowest BCUT2D eigenvalue weighted by molar-refractivity contribution is -0.145. The SMILES string of the molecule is CS(=O)(=O)c1ccccc1N(Cc1ccc2cc(Cl)c(N)nc2c1)C(=O)c1cnc(C(F)(F)F)nc1. The number of carbonyl (C=O) groups excluding carboxylic acids is 1. The van der Waals surface area contributed by atoms with E-state index in [2.05, 4.69) is 15.0 Å². The molecule has 0 aliphatic rings. The number of para-hydroxylation sites is 1. The number of rotatable bonds is 5. The van der Waals surface area contributed by atoms with Crippen LogP contribution < -0.4 is 10.6 Å². The predicted molar refractivity (Wildman–Crippen MR) is 128 cm³/mol. The first-order valence-corrected chi connectivity index (χ1v) is 12.5. The maximum atomic E-state index is 13.5. The molecule has 0 atom stereocenters. The van der Waals surface area contributed by atoms with Gasteiger partial charge in [0.2, 0.25) is 5.82 Å². The number of halogens is 4. The van der Waals surface area contributed by atoms with Crippen LogP contribution in [0.5, 0.6) is 0 Å². The number of anilines is 2. The van der Waals surface area contributed by atoms with E-state index in [1.165, 1.54) is 24.3 Å². The Morgan fingerprint density at radius 1 is 1.08 bits per heavy atom. The van der Waals surface area contributed by atoms with Crippen molar-refractivity contribution in [1.29, 1.82) is 0 Å². The van der Waals surface area contributed by atoms with Gasteiger partial charge in [0.05, 0.1) is 33.2 Å². The van der Waals surface area contributed by atoms with Gasteiger partial charge >= 0.3 is 6.18 Å². The minimum atomic E-state index is -4.78. The molecule has 0 saturated heterocycles. The molecule has 2 aromatic carbocycles.